The summed E-state index contributed by atoms with van der Waals surface area (Å²) in [6.07, 6.45) is -0.375. The van der Waals surface area contributed by atoms with Crippen LogP contribution in [0, 0.1) is 0 Å². The number of rotatable bonds is 2. The second kappa shape index (κ2) is 5.38. The van der Waals surface area contributed by atoms with E-state index in [1.165, 1.54) is 0 Å². The molecule has 1 aliphatic carbocycles. The molecule has 2 fully saturated rings. The van der Waals surface area contributed by atoms with Crippen molar-refractivity contribution in [1.29, 1.82) is 0 Å². The molecule has 1 heterocycles. The van der Waals surface area contributed by atoms with Crippen molar-refractivity contribution in [2.75, 3.05) is 6.54 Å². The number of nitrogens with zero attached hydrogens (tertiary/aromatic N) is 1. The number of hydrogen-bond acceptors (Lipinski definition) is 2. The summed E-state index contributed by atoms with van der Waals surface area (Å²) in [6, 6.07) is -0.911. The maximum atomic E-state index is 12.4. The Labute approximate surface area is 109 Å². The highest BCUT2D eigenvalue weighted by molar-refractivity contribution is 5.90. The van der Waals surface area contributed by atoms with Crippen LogP contribution in [0.15, 0.2) is 0 Å². The van der Waals surface area contributed by atoms with Gasteiger partial charge in [-0.05, 0) is 25.7 Å². The van der Waals surface area contributed by atoms with E-state index in [4.69, 9.17) is 0 Å². The van der Waals surface area contributed by atoms with E-state index in [0.29, 0.717) is 17.7 Å². The van der Waals surface area contributed by atoms with Gasteiger partial charge >= 0.3 is 12.1 Å². The normalized spacial score (nSPS) is 24.8. The minimum atomic E-state index is -4.91. The molecular formula is C12H17F3N2O2. The van der Waals surface area contributed by atoms with Crippen LogP contribution in [0.5, 0.6) is 0 Å². The Bertz CT molecular complexity index is 364. The molecule has 1 unspecified atom stereocenters. The topological polar surface area (TPSA) is 49.4 Å². The van der Waals surface area contributed by atoms with Gasteiger partial charge in [0.1, 0.15) is 6.04 Å². The predicted molar refractivity (Wildman–Crippen MR) is 61.2 cm³/mol. The summed E-state index contributed by atoms with van der Waals surface area (Å²) in [5.74, 6) is -2.35. The maximum Gasteiger partial charge on any atom is 0.471 e. The number of nitrogens with one attached hydrogen (secondary N) is 1. The second-order valence-corrected chi connectivity index (χ2v) is 5.14. The van der Waals surface area contributed by atoms with Crippen molar-refractivity contribution >= 4 is 11.8 Å². The molecule has 1 N–H and O–H groups in total. The smallest absolute Gasteiger partial charge is 0.352 e. The van der Waals surface area contributed by atoms with E-state index in [-0.39, 0.29) is 12.6 Å². The van der Waals surface area contributed by atoms with Crippen LogP contribution in [0.2, 0.25) is 0 Å². The van der Waals surface area contributed by atoms with Crippen LogP contribution >= 0.6 is 0 Å². The fourth-order valence-electron chi connectivity index (χ4n) is 2.81. The van der Waals surface area contributed by atoms with Crippen LogP contribution in [0.25, 0.3) is 0 Å². The van der Waals surface area contributed by atoms with E-state index in [9.17, 15) is 22.8 Å². The largest absolute Gasteiger partial charge is 0.471 e. The number of carbonyl (C=O) groups excluding carboxylic acids is 2. The predicted octanol–water partition coefficient (Wildman–Crippen LogP) is 1.60. The zero-order chi connectivity index (χ0) is 14.0. The van der Waals surface area contributed by atoms with Crippen LogP contribution in [0.4, 0.5) is 13.2 Å². The number of hydrogen-bond donors (Lipinski definition) is 1. The molecule has 1 aliphatic heterocycles. The minimum Gasteiger partial charge on any atom is -0.352 e. The van der Waals surface area contributed by atoms with E-state index >= 15 is 0 Å². The average molecular weight is 278 g/mol. The third-order valence-electron chi connectivity index (χ3n) is 3.76. The first-order valence-corrected chi connectivity index (χ1v) is 6.58. The molecule has 1 saturated heterocycles. The third kappa shape index (κ3) is 3.19. The Morgan fingerprint density at radius 1 is 1.05 bits per heavy atom. The average Bonchev–Trinajstić information content (AvgIpc) is 2.96. The first-order chi connectivity index (χ1) is 8.89. The van der Waals surface area contributed by atoms with Crippen molar-refractivity contribution in [1.82, 2.24) is 10.2 Å². The molecule has 7 heteroatoms. The Balaban J connectivity index is 1.97. The van der Waals surface area contributed by atoms with Gasteiger partial charge in [-0.3, -0.25) is 9.59 Å². The second-order valence-electron chi connectivity index (χ2n) is 5.14. The van der Waals surface area contributed by atoms with Crippen molar-refractivity contribution in [2.24, 2.45) is 0 Å². The molecule has 0 aromatic heterocycles. The van der Waals surface area contributed by atoms with Crippen LogP contribution in [0.1, 0.15) is 38.5 Å². The van der Waals surface area contributed by atoms with Gasteiger partial charge < -0.3 is 10.2 Å². The molecule has 0 aromatic carbocycles. The Kier molecular flexibility index (Phi) is 4.01. The van der Waals surface area contributed by atoms with E-state index in [1.54, 1.807) is 0 Å². The van der Waals surface area contributed by atoms with Crippen molar-refractivity contribution in [3.8, 4) is 0 Å². The van der Waals surface area contributed by atoms with Gasteiger partial charge in [-0.2, -0.15) is 13.2 Å². The first kappa shape index (κ1) is 14.1. The summed E-state index contributed by atoms with van der Waals surface area (Å²) in [6.45, 7) is 0.00109. The molecule has 0 bridgehead atoms. The van der Waals surface area contributed by atoms with E-state index in [0.717, 1.165) is 25.7 Å². The third-order valence-corrected chi connectivity index (χ3v) is 3.76. The number of alkyl halides is 3. The molecule has 4 nitrogen and oxygen atoms in total. The lowest BCUT2D eigenvalue weighted by Crippen LogP contribution is -2.51. The molecular weight excluding hydrogens is 261 g/mol. The van der Waals surface area contributed by atoms with Crippen LogP contribution in [0.3, 0.4) is 0 Å². The van der Waals surface area contributed by atoms with Crippen molar-refractivity contribution in [3.63, 3.8) is 0 Å². The van der Waals surface area contributed by atoms with Gasteiger partial charge in [-0.15, -0.1) is 0 Å². The van der Waals surface area contributed by atoms with Gasteiger partial charge in [0.2, 0.25) is 5.91 Å². The number of halogens is 3. The van der Waals surface area contributed by atoms with Crippen LogP contribution < -0.4 is 5.32 Å². The Hall–Kier alpha value is -1.27. The van der Waals surface area contributed by atoms with Gasteiger partial charge in [-0.1, -0.05) is 12.8 Å². The highest BCUT2D eigenvalue weighted by atomic mass is 19.4. The minimum absolute atomic E-state index is 0.00109. The number of amides is 2. The molecule has 0 radical (unpaired) electrons. The zero-order valence-corrected chi connectivity index (χ0v) is 10.5. The quantitative estimate of drug-likeness (QED) is 0.834. The fourth-order valence-corrected chi connectivity index (χ4v) is 2.81. The molecule has 1 saturated carbocycles. The molecule has 0 aromatic rings. The monoisotopic (exact) mass is 278 g/mol. The summed E-state index contributed by atoms with van der Waals surface area (Å²) in [4.78, 5) is 23.9. The summed E-state index contributed by atoms with van der Waals surface area (Å²) in [5, 5.41) is 2.76. The standard InChI is InChI=1S/C12H17F3N2O2/c13-12(14,15)11(19)17-7-3-6-9(17)10(18)16-8-4-1-2-5-8/h8-9H,1-7H2,(H,16,18). The van der Waals surface area contributed by atoms with Crippen LogP contribution in [-0.4, -0.2) is 41.5 Å². The maximum absolute atomic E-state index is 12.4. The number of carbonyl (C=O) groups is 2. The molecule has 1 atom stereocenters. The Morgan fingerprint density at radius 2 is 1.68 bits per heavy atom. The van der Waals surface area contributed by atoms with Gasteiger partial charge in [0.15, 0.2) is 0 Å². The van der Waals surface area contributed by atoms with Crippen molar-refractivity contribution in [2.45, 2.75) is 56.8 Å². The molecule has 108 valence electrons. The SMILES string of the molecule is O=C(NC1CCCC1)C1CCCN1C(=O)C(F)(F)F. The van der Waals surface area contributed by atoms with Gasteiger partial charge in [0.25, 0.3) is 0 Å². The molecule has 0 spiro atoms. The molecule has 19 heavy (non-hydrogen) atoms. The highest BCUT2D eigenvalue weighted by Gasteiger charge is 2.47. The molecule has 2 amide bonds. The van der Waals surface area contributed by atoms with Gasteiger partial charge in [0, 0.05) is 12.6 Å². The van der Waals surface area contributed by atoms with Gasteiger partial charge in [0.05, 0.1) is 0 Å². The summed E-state index contributed by atoms with van der Waals surface area (Å²) >= 11 is 0. The van der Waals surface area contributed by atoms with Crippen molar-refractivity contribution in [3.05, 3.63) is 0 Å². The summed E-state index contributed by atoms with van der Waals surface area (Å²) in [7, 11) is 0. The van der Waals surface area contributed by atoms with Gasteiger partial charge in [-0.25, -0.2) is 0 Å². The molecule has 2 aliphatic rings. The Morgan fingerprint density at radius 3 is 2.26 bits per heavy atom. The number of likely N-dealkylation sites (tertiary alicyclic amines) is 1. The lowest BCUT2D eigenvalue weighted by molar-refractivity contribution is -0.186. The zero-order valence-electron chi connectivity index (χ0n) is 10.5. The van der Waals surface area contributed by atoms with Crippen molar-refractivity contribution < 1.29 is 22.8 Å². The fraction of sp³-hybridized carbons (Fsp3) is 0.833. The van der Waals surface area contributed by atoms with Crippen LogP contribution in [-0.2, 0) is 9.59 Å². The van der Waals surface area contributed by atoms with E-state index in [2.05, 4.69) is 5.32 Å². The summed E-state index contributed by atoms with van der Waals surface area (Å²) in [5.41, 5.74) is 0. The highest BCUT2D eigenvalue weighted by Crippen LogP contribution is 2.26. The lowest BCUT2D eigenvalue weighted by atomic mass is 10.1. The first-order valence-electron chi connectivity index (χ1n) is 6.58. The molecule has 2 rings (SSSR count). The summed E-state index contributed by atoms with van der Waals surface area (Å²) < 4.78 is 37.3. The lowest BCUT2D eigenvalue weighted by Gasteiger charge is -2.26. The van der Waals surface area contributed by atoms with E-state index < -0.39 is 24.0 Å². The van der Waals surface area contributed by atoms with E-state index in [1.807, 2.05) is 0 Å².